The molecule has 0 saturated carbocycles. The van der Waals surface area contributed by atoms with Crippen molar-refractivity contribution in [1.29, 1.82) is 0 Å². The van der Waals surface area contributed by atoms with E-state index in [1.165, 1.54) is 12.1 Å². The molecule has 98 valence electrons. The summed E-state index contributed by atoms with van der Waals surface area (Å²) in [6.07, 6.45) is 0.407. The minimum Gasteiger partial charge on any atom is -0.492 e. The molecule has 0 spiro atoms. The van der Waals surface area contributed by atoms with Crippen LogP contribution in [0.2, 0.25) is 0 Å². The number of aliphatic hydroxyl groups excluding tert-OH is 1. The zero-order chi connectivity index (χ0) is 13.1. The third-order valence-corrected chi connectivity index (χ3v) is 3.16. The number of likely N-dealkylation sites (N-methyl/N-ethyl adjacent to an activating group) is 1. The Bertz CT molecular complexity index is 421. The van der Waals surface area contributed by atoms with Gasteiger partial charge in [0.05, 0.1) is 11.0 Å². The fraction of sp³-hybridized carbons (Fsp3) is 0.500. The largest absolute Gasteiger partial charge is 0.492 e. The molecule has 1 N–H and O–H groups in total. The number of nitrogens with zero attached hydrogens (tertiary/aromatic N) is 2. The summed E-state index contributed by atoms with van der Waals surface area (Å²) in [5.41, 5.74) is 0.0516. The number of ether oxygens (including phenoxy) is 1. The zero-order valence-electron chi connectivity index (χ0n) is 10.2. The maximum atomic E-state index is 10.5. The number of nitro benzene ring substituents is 1. The topological polar surface area (TPSA) is 75.8 Å². The van der Waals surface area contributed by atoms with E-state index in [0.717, 1.165) is 0 Å². The first-order chi connectivity index (χ1) is 8.56. The highest BCUT2D eigenvalue weighted by Gasteiger charge is 2.28. The van der Waals surface area contributed by atoms with Gasteiger partial charge < -0.3 is 9.84 Å². The highest BCUT2D eigenvalue weighted by molar-refractivity contribution is 5.35. The quantitative estimate of drug-likeness (QED) is 0.640. The van der Waals surface area contributed by atoms with E-state index >= 15 is 0 Å². The normalized spacial score (nSPS) is 24.1. The van der Waals surface area contributed by atoms with Crippen molar-refractivity contribution in [3.05, 3.63) is 34.4 Å². The molecule has 6 heteroatoms. The van der Waals surface area contributed by atoms with E-state index in [-0.39, 0.29) is 17.8 Å². The number of non-ortho nitro benzene ring substituents is 1. The molecule has 2 rings (SSSR count). The Labute approximate surface area is 105 Å². The first-order valence-electron chi connectivity index (χ1n) is 5.82. The summed E-state index contributed by atoms with van der Waals surface area (Å²) < 4.78 is 5.57. The standard InChI is InChI=1S/C12H16N2O4/c1-13-7-11(15)6-10(13)8-18-12-4-2-9(3-5-12)14(16)17/h2-5,10-11,15H,6-8H2,1H3/t10?,11-/m0/s1. The van der Waals surface area contributed by atoms with E-state index < -0.39 is 4.92 Å². The first kappa shape index (κ1) is 12.8. The molecule has 0 bridgehead atoms. The third kappa shape index (κ3) is 2.96. The van der Waals surface area contributed by atoms with Crippen LogP contribution in [0.15, 0.2) is 24.3 Å². The Morgan fingerprint density at radius 3 is 2.67 bits per heavy atom. The number of benzene rings is 1. The van der Waals surface area contributed by atoms with E-state index in [1.54, 1.807) is 12.1 Å². The molecule has 1 aromatic carbocycles. The van der Waals surface area contributed by atoms with Gasteiger partial charge in [-0.2, -0.15) is 0 Å². The highest BCUT2D eigenvalue weighted by Crippen LogP contribution is 2.20. The van der Waals surface area contributed by atoms with Crippen molar-refractivity contribution in [3.8, 4) is 5.75 Å². The summed E-state index contributed by atoms with van der Waals surface area (Å²) >= 11 is 0. The van der Waals surface area contributed by atoms with Gasteiger partial charge in [0.1, 0.15) is 12.4 Å². The van der Waals surface area contributed by atoms with Crippen LogP contribution in [0.3, 0.4) is 0 Å². The van der Waals surface area contributed by atoms with Crippen LogP contribution in [0.4, 0.5) is 5.69 Å². The molecule has 1 aliphatic rings. The average molecular weight is 252 g/mol. The molecule has 2 atom stereocenters. The van der Waals surface area contributed by atoms with Crippen LogP contribution in [0.1, 0.15) is 6.42 Å². The number of likely N-dealkylation sites (tertiary alicyclic amines) is 1. The number of rotatable bonds is 4. The Kier molecular flexibility index (Phi) is 3.78. The molecular formula is C12H16N2O4. The van der Waals surface area contributed by atoms with Gasteiger partial charge in [0.25, 0.3) is 5.69 Å². The lowest BCUT2D eigenvalue weighted by molar-refractivity contribution is -0.384. The summed E-state index contributed by atoms with van der Waals surface area (Å²) in [5, 5.41) is 20.0. The molecule has 1 unspecified atom stereocenters. The molecule has 0 radical (unpaired) electrons. The van der Waals surface area contributed by atoms with Crippen LogP contribution in [-0.4, -0.2) is 47.3 Å². The molecule has 0 aromatic heterocycles. The van der Waals surface area contributed by atoms with Crippen molar-refractivity contribution in [3.63, 3.8) is 0 Å². The highest BCUT2D eigenvalue weighted by atomic mass is 16.6. The number of nitro groups is 1. The van der Waals surface area contributed by atoms with Gasteiger partial charge in [-0.25, -0.2) is 0 Å². The summed E-state index contributed by atoms with van der Waals surface area (Å²) in [4.78, 5) is 12.1. The summed E-state index contributed by atoms with van der Waals surface area (Å²) in [7, 11) is 1.94. The molecule has 0 aliphatic carbocycles. The second-order valence-electron chi connectivity index (χ2n) is 4.54. The van der Waals surface area contributed by atoms with Gasteiger partial charge in [-0.05, 0) is 25.6 Å². The average Bonchev–Trinajstić information content (AvgIpc) is 2.66. The van der Waals surface area contributed by atoms with Gasteiger partial charge in [-0.1, -0.05) is 0 Å². The van der Waals surface area contributed by atoms with Crippen LogP contribution in [0.25, 0.3) is 0 Å². The van der Waals surface area contributed by atoms with Gasteiger partial charge in [-0.3, -0.25) is 15.0 Å². The van der Waals surface area contributed by atoms with Crippen molar-refractivity contribution in [2.45, 2.75) is 18.6 Å². The minimum absolute atomic E-state index is 0.0516. The first-order valence-corrected chi connectivity index (χ1v) is 5.82. The smallest absolute Gasteiger partial charge is 0.269 e. The number of β-amino-alcohol motifs (C(OH)–C–C–N with tert-alkyl or cyclic N) is 1. The van der Waals surface area contributed by atoms with Crippen molar-refractivity contribution < 1.29 is 14.8 Å². The van der Waals surface area contributed by atoms with Gasteiger partial charge in [0, 0.05) is 24.7 Å². The van der Waals surface area contributed by atoms with Gasteiger partial charge in [0.15, 0.2) is 0 Å². The van der Waals surface area contributed by atoms with Gasteiger partial charge >= 0.3 is 0 Å². The molecule has 6 nitrogen and oxygen atoms in total. The molecule has 0 amide bonds. The SMILES string of the molecule is CN1C[C@@H](O)CC1COc1ccc([N+](=O)[O-])cc1. The van der Waals surface area contributed by atoms with Crippen molar-refractivity contribution in [2.75, 3.05) is 20.2 Å². The monoisotopic (exact) mass is 252 g/mol. The van der Waals surface area contributed by atoms with Crippen molar-refractivity contribution in [1.82, 2.24) is 4.90 Å². The van der Waals surface area contributed by atoms with Crippen LogP contribution in [-0.2, 0) is 0 Å². The summed E-state index contributed by atoms with van der Waals surface area (Å²) in [6, 6.07) is 6.20. The Morgan fingerprint density at radius 1 is 1.50 bits per heavy atom. The van der Waals surface area contributed by atoms with E-state index in [0.29, 0.717) is 25.3 Å². The second-order valence-corrected chi connectivity index (χ2v) is 4.54. The fourth-order valence-corrected chi connectivity index (χ4v) is 2.10. The number of hydrogen-bond acceptors (Lipinski definition) is 5. The fourth-order valence-electron chi connectivity index (χ4n) is 2.10. The van der Waals surface area contributed by atoms with E-state index in [2.05, 4.69) is 4.90 Å². The Balaban J connectivity index is 1.88. The van der Waals surface area contributed by atoms with E-state index in [9.17, 15) is 15.2 Å². The lowest BCUT2D eigenvalue weighted by Crippen LogP contribution is -2.30. The van der Waals surface area contributed by atoms with Gasteiger partial charge in [0.2, 0.25) is 0 Å². The minimum atomic E-state index is -0.440. The summed E-state index contributed by atoms with van der Waals surface area (Å²) in [5.74, 6) is 0.607. The van der Waals surface area contributed by atoms with Crippen LogP contribution < -0.4 is 4.74 Å². The van der Waals surface area contributed by atoms with Crippen LogP contribution in [0.5, 0.6) is 5.75 Å². The van der Waals surface area contributed by atoms with Crippen LogP contribution in [0, 0.1) is 10.1 Å². The van der Waals surface area contributed by atoms with E-state index in [1.807, 2.05) is 7.05 Å². The lowest BCUT2D eigenvalue weighted by atomic mass is 10.2. The molecule has 1 fully saturated rings. The Hall–Kier alpha value is -1.66. The maximum absolute atomic E-state index is 10.5. The zero-order valence-corrected chi connectivity index (χ0v) is 10.2. The van der Waals surface area contributed by atoms with Crippen molar-refractivity contribution in [2.24, 2.45) is 0 Å². The molecular weight excluding hydrogens is 236 g/mol. The Morgan fingerprint density at radius 2 is 2.17 bits per heavy atom. The lowest BCUT2D eigenvalue weighted by Gasteiger charge is -2.19. The molecule has 1 heterocycles. The predicted molar refractivity (Wildman–Crippen MR) is 65.6 cm³/mol. The summed E-state index contributed by atoms with van der Waals surface area (Å²) in [6.45, 7) is 1.14. The van der Waals surface area contributed by atoms with E-state index in [4.69, 9.17) is 4.74 Å². The maximum Gasteiger partial charge on any atom is 0.269 e. The second kappa shape index (κ2) is 5.32. The number of hydrogen-bond donors (Lipinski definition) is 1. The van der Waals surface area contributed by atoms with Gasteiger partial charge in [-0.15, -0.1) is 0 Å². The molecule has 18 heavy (non-hydrogen) atoms. The molecule has 1 saturated heterocycles. The molecule has 1 aromatic rings. The van der Waals surface area contributed by atoms with Crippen molar-refractivity contribution >= 4 is 5.69 Å². The van der Waals surface area contributed by atoms with Crippen LogP contribution >= 0.6 is 0 Å². The predicted octanol–water partition coefficient (Wildman–Crippen LogP) is 1.04. The molecule has 1 aliphatic heterocycles. The third-order valence-electron chi connectivity index (χ3n) is 3.16. The number of aliphatic hydroxyl groups is 1.